The minimum absolute atomic E-state index is 0.233. The van der Waals surface area contributed by atoms with Crippen LogP contribution < -0.4 is 15.1 Å². The molecule has 0 bridgehead atoms. The van der Waals surface area contributed by atoms with Crippen LogP contribution in [0.1, 0.15) is 5.56 Å². The number of cyclic esters (lactones) is 1. The van der Waals surface area contributed by atoms with E-state index in [9.17, 15) is 9.18 Å². The standard InChI is InChI=1S/C22H24FN3O3/c23-19-8-15(26-10-16(13-27)29-22(26)28)6-7-20(19)25-11-17-18(12-25)21(17)24-9-14-4-2-1-3-5-14/h1-8,16-18,21,24,27H,9-13H2/t16-,17-,18+,21?/m1/s1. The van der Waals surface area contributed by atoms with E-state index in [1.807, 2.05) is 18.2 Å². The number of piperidine rings is 1. The van der Waals surface area contributed by atoms with Gasteiger partial charge in [0.15, 0.2) is 0 Å². The topological polar surface area (TPSA) is 65.0 Å². The first-order chi connectivity index (χ1) is 14.1. The third-order valence-corrected chi connectivity index (χ3v) is 6.24. The first-order valence-electron chi connectivity index (χ1n) is 10.0. The Labute approximate surface area is 168 Å². The second kappa shape index (κ2) is 7.31. The number of carbonyl (C=O) groups excluding carboxylic acids is 1. The maximum atomic E-state index is 14.8. The Hall–Kier alpha value is -2.64. The highest BCUT2D eigenvalue weighted by atomic mass is 19.1. The molecule has 5 rings (SSSR count). The predicted octanol–water partition coefficient (Wildman–Crippen LogP) is 2.37. The summed E-state index contributed by atoms with van der Waals surface area (Å²) in [5.41, 5.74) is 2.31. The summed E-state index contributed by atoms with van der Waals surface area (Å²) >= 11 is 0. The molecular formula is C22H24FN3O3. The summed E-state index contributed by atoms with van der Waals surface area (Å²) in [6.45, 7) is 2.54. The van der Waals surface area contributed by atoms with Crippen LogP contribution in [0.5, 0.6) is 0 Å². The quantitative estimate of drug-likeness (QED) is 0.784. The fraction of sp³-hybridized carbons (Fsp3) is 0.409. The molecule has 3 fully saturated rings. The van der Waals surface area contributed by atoms with E-state index in [0.717, 1.165) is 19.6 Å². The predicted molar refractivity (Wildman–Crippen MR) is 107 cm³/mol. The zero-order chi connectivity index (χ0) is 20.0. The molecule has 0 radical (unpaired) electrons. The minimum Gasteiger partial charge on any atom is -0.441 e. The van der Waals surface area contributed by atoms with Crippen molar-refractivity contribution in [1.82, 2.24) is 5.32 Å². The summed E-state index contributed by atoms with van der Waals surface area (Å²) in [5.74, 6) is 0.770. The molecule has 2 heterocycles. The van der Waals surface area contributed by atoms with Gasteiger partial charge >= 0.3 is 6.09 Å². The Morgan fingerprint density at radius 2 is 1.86 bits per heavy atom. The van der Waals surface area contributed by atoms with Crippen molar-refractivity contribution in [3.05, 3.63) is 59.9 Å². The molecule has 2 aromatic rings. The number of aliphatic hydroxyl groups excluding tert-OH is 1. The normalized spacial score (nSPS) is 27.9. The Balaban J connectivity index is 1.19. The van der Waals surface area contributed by atoms with Gasteiger partial charge in [-0.3, -0.25) is 4.90 Å². The summed E-state index contributed by atoms with van der Waals surface area (Å²) in [5, 5.41) is 12.8. The van der Waals surface area contributed by atoms with Crippen LogP contribution in [-0.2, 0) is 11.3 Å². The van der Waals surface area contributed by atoms with E-state index >= 15 is 0 Å². The van der Waals surface area contributed by atoms with Crippen LogP contribution in [0.15, 0.2) is 48.5 Å². The molecule has 6 nitrogen and oxygen atoms in total. The number of fused-ring (bicyclic) bond motifs is 1. The van der Waals surface area contributed by atoms with Crippen molar-refractivity contribution in [1.29, 1.82) is 0 Å². The van der Waals surface area contributed by atoms with E-state index in [-0.39, 0.29) is 19.0 Å². The molecular weight excluding hydrogens is 373 g/mol. The van der Waals surface area contributed by atoms with Gasteiger partial charge in [-0.1, -0.05) is 30.3 Å². The number of hydrogen-bond acceptors (Lipinski definition) is 5. The SMILES string of the molecule is O=C1O[C@@H](CO)CN1c1ccc(N2C[C@@H]3C(NCc4ccccc4)[C@@H]3C2)c(F)c1. The van der Waals surface area contributed by atoms with E-state index in [1.165, 1.54) is 16.5 Å². The van der Waals surface area contributed by atoms with Crippen molar-refractivity contribution < 1.29 is 19.0 Å². The van der Waals surface area contributed by atoms with Gasteiger partial charge in [-0.15, -0.1) is 0 Å². The summed E-state index contributed by atoms with van der Waals surface area (Å²) in [7, 11) is 0. The van der Waals surface area contributed by atoms with Crippen LogP contribution in [0.2, 0.25) is 0 Å². The lowest BCUT2D eigenvalue weighted by atomic mass is 10.2. The summed E-state index contributed by atoms with van der Waals surface area (Å²) in [4.78, 5) is 15.3. The Kier molecular flexibility index (Phi) is 4.64. The second-order valence-electron chi connectivity index (χ2n) is 8.06. The molecule has 2 aliphatic heterocycles. The van der Waals surface area contributed by atoms with Crippen molar-refractivity contribution in [2.24, 2.45) is 11.8 Å². The number of aliphatic hydroxyl groups is 1. The fourth-order valence-electron chi connectivity index (χ4n) is 4.61. The first kappa shape index (κ1) is 18.4. The minimum atomic E-state index is -0.559. The summed E-state index contributed by atoms with van der Waals surface area (Å²) < 4.78 is 19.8. The number of rotatable bonds is 6. The molecule has 4 atom stereocenters. The van der Waals surface area contributed by atoms with E-state index in [1.54, 1.807) is 12.1 Å². The zero-order valence-electron chi connectivity index (χ0n) is 16.0. The largest absolute Gasteiger partial charge is 0.441 e. The number of anilines is 2. The third kappa shape index (κ3) is 3.45. The first-order valence-corrected chi connectivity index (χ1v) is 10.0. The summed E-state index contributed by atoms with van der Waals surface area (Å²) in [6, 6.07) is 15.7. The van der Waals surface area contributed by atoms with Crippen LogP contribution in [-0.4, -0.2) is 49.6 Å². The Bertz CT molecular complexity index is 897. The molecule has 2 aromatic carbocycles. The van der Waals surface area contributed by atoms with Gasteiger partial charge in [0.25, 0.3) is 0 Å². The smallest absolute Gasteiger partial charge is 0.414 e. The molecule has 1 saturated carbocycles. The van der Waals surface area contributed by atoms with Gasteiger partial charge in [0.2, 0.25) is 0 Å². The molecule has 1 aliphatic carbocycles. The second-order valence-corrected chi connectivity index (χ2v) is 8.06. The van der Waals surface area contributed by atoms with E-state index in [2.05, 4.69) is 22.3 Å². The molecule has 1 amide bonds. The Morgan fingerprint density at radius 3 is 2.52 bits per heavy atom. The van der Waals surface area contributed by atoms with Crippen molar-refractivity contribution in [2.75, 3.05) is 36.0 Å². The monoisotopic (exact) mass is 397 g/mol. The number of nitrogens with zero attached hydrogens (tertiary/aromatic N) is 2. The fourth-order valence-corrected chi connectivity index (χ4v) is 4.61. The van der Waals surface area contributed by atoms with Crippen LogP contribution in [0.3, 0.4) is 0 Å². The van der Waals surface area contributed by atoms with Gasteiger partial charge in [0.05, 0.1) is 24.5 Å². The van der Waals surface area contributed by atoms with Gasteiger partial charge in [-0.2, -0.15) is 0 Å². The number of hydrogen-bond donors (Lipinski definition) is 2. The van der Waals surface area contributed by atoms with E-state index in [4.69, 9.17) is 9.84 Å². The van der Waals surface area contributed by atoms with Crippen molar-refractivity contribution in [2.45, 2.75) is 18.7 Å². The van der Waals surface area contributed by atoms with Crippen LogP contribution in [0, 0.1) is 17.7 Å². The van der Waals surface area contributed by atoms with Crippen molar-refractivity contribution in [3.63, 3.8) is 0 Å². The molecule has 7 heteroatoms. The molecule has 2 N–H and O–H groups in total. The highest BCUT2D eigenvalue weighted by Crippen LogP contribution is 2.47. The Morgan fingerprint density at radius 1 is 1.10 bits per heavy atom. The van der Waals surface area contributed by atoms with Gasteiger partial charge < -0.3 is 20.1 Å². The lowest BCUT2D eigenvalue weighted by molar-refractivity contribution is 0.0963. The number of halogens is 1. The lowest BCUT2D eigenvalue weighted by Gasteiger charge is -2.24. The van der Waals surface area contributed by atoms with Crippen molar-refractivity contribution in [3.8, 4) is 0 Å². The number of ether oxygens (including phenoxy) is 1. The zero-order valence-corrected chi connectivity index (χ0v) is 16.0. The van der Waals surface area contributed by atoms with Gasteiger partial charge in [-0.05, 0) is 35.6 Å². The average Bonchev–Trinajstić information content (AvgIpc) is 3.06. The summed E-state index contributed by atoms with van der Waals surface area (Å²) in [6.07, 6.45) is -1.11. The number of nitrogens with one attached hydrogen (secondary N) is 1. The molecule has 152 valence electrons. The molecule has 3 aliphatic rings. The van der Waals surface area contributed by atoms with E-state index in [0.29, 0.717) is 29.3 Å². The molecule has 29 heavy (non-hydrogen) atoms. The number of amides is 1. The maximum absolute atomic E-state index is 14.8. The van der Waals surface area contributed by atoms with Crippen LogP contribution in [0.4, 0.5) is 20.6 Å². The van der Waals surface area contributed by atoms with Crippen LogP contribution in [0.25, 0.3) is 0 Å². The average molecular weight is 397 g/mol. The lowest BCUT2D eigenvalue weighted by Crippen LogP contribution is -2.31. The molecule has 1 unspecified atom stereocenters. The van der Waals surface area contributed by atoms with Crippen LogP contribution >= 0.6 is 0 Å². The molecule has 0 aromatic heterocycles. The number of carbonyl (C=O) groups is 1. The molecule has 2 saturated heterocycles. The molecule has 0 spiro atoms. The highest BCUT2D eigenvalue weighted by molar-refractivity contribution is 5.90. The number of benzene rings is 2. The van der Waals surface area contributed by atoms with Crippen molar-refractivity contribution >= 4 is 17.5 Å². The van der Waals surface area contributed by atoms with Gasteiger partial charge in [0.1, 0.15) is 11.9 Å². The maximum Gasteiger partial charge on any atom is 0.414 e. The highest BCUT2D eigenvalue weighted by Gasteiger charge is 2.55. The third-order valence-electron chi connectivity index (χ3n) is 6.24. The van der Waals surface area contributed by atoms with E-state index < -0.39 is 12.2 Å². The van der Waals surface area contributed by atoms with Gasteiger partial charge in [-0.25, -0.2) is 9.18 Å². The van der Waals surface area contributed by atoms with Gasteiger partial charge in [0, 0.05) is 25.7 Å².